The summed E-state index contributed by atoms with van der Waals surface area (Å²) in [7, 11) is 0. The Bertz CT molecular complexity index is 1670. The van der Waals surface area contributed by atoms with Crippen molar-refractivity contribution in [3.05, 3.63) is 94.0 Å². The van der Waals surface area contributed by atoms with Crippen molar-refractivity contribution in [3.8, 4) is 11.5 Å². The van der Waals surface area contributed by atoms with Gasteiger partial charge in [-0.05, 0) is 109 Å². The van der Waals surface area contributed by atoms with Crippen molar-refractivity contribution in [2.24, 2.45) is 20.8 Å². The van der Waals surface area contributed by atoms with Gasteiger partial charge in [-0.1, -0.05) is 77.9 Å². The van der Waals surface area contributed by atoms with E-state index in [0.29, 0.717) is 22.5 Å². The molecule has 4 aromatic rings. The van der Waals surface area contributed by atoms with E-state index in [1.54, 1.807) is 12.4 Å². The molecule has 0 spiro atoms. The summed E-state index contributed by atoms with van der Waals surface area (Å²) in [6, 6.07) is 20.3. The van der Waals surface area contributed by atoms with Crippen molar-refractivity contribution in [3.63, 3.8) is 0 Å². The van der Waals surface area contributed by atoms with Gasteiger partial charge >= 0.3 is 16.8 Å². The molecule has 49 heavy (non-hydrogen) atoms. The molecule has 0 aromatic heterocycles. The van der Waals surface area contributed by atoms with Gasteiger partial charge < -0.3 is 30.0 Å². The summed E-state index contributed by atoms with van der Waals surface area (Å²) in [5.74, 6) is -1.69. The van der Waals surface area contributed by atoms with E-state index in [1.165, 1.54) is 11.1 Å². The van der Waals surface area contributed by atoms with Gasteiger partial charge in [-0.2, -0.15) is 0 Å². The molecule has 0 aliphatic carbocycles. The van der Waals surface area contributed by atoms with E-state index >= 15 is 0 Å². The van der Waals surface area contributed by atoms with Gasteiger partial charge in [-0.3, -0.25) is 9.98 Å². The van der Waals surface area contributed by atoms with Crippen molar-refractivity contribution in [2.45, 2.75) is 82.1 Å². The number of aliphatic carboxylic acids is 2. The van der Waals surface area contributed by atoms with Crippen LogP contribution < -0.4 is 10.2 Å². The van der Waals surface area contributed by atoms with E-state index in [4.69, 9.17) is 29.8 Å². The molecule has 2 N–H and O–H groups in total. The van der Waals surface area contributed by atoms with E-state index in [-0.39, 0.29) is 39.1 Å². The van der Waals surface area contributed by atoms with Gasteiger partial charge in [0.05, 0.1) is 11.4 Å². The Kier molecular flexibility index (Phi) is 15.9. The van der Waals surface area contributed by atoms with Gasteiger partial charge in [-0.25, -0.2) is 0 Å². The number of rotatable bonds is 6. The molecule has 0 unspecified atom stereocenters. The number of benzene rings is 4. The zero-order chi connectivity index (χ0) is 36.4. The first-order valence-corrected chi connectivity index (χ1v) is 15.8. The number of fused-ring (bicyclic) bond motifs is 1. The molecule has 0 aliphatic rings. The van der Waals surface area contributed by atoms with Crippen LogP contribution >= 0.6 is 0 Å². The van der Waals surface area contributed by atoms with Crippen molar-refractivity contribution in [1.29, 1.82) is 0 Å². The molecule has 0 amide bonds. The van der Waals surface area contributed by atoms with Crippen LogP contribution in [0.25, 0.3) is 10.8 Å². The second-order valence-electron chi connectivity index (χ2n) is 14.4. The Hall–Kier alpha value is -4.47. The number of nitrogens with zero attached hydrogens (tertiary/aromatic N) is 2. The molecule has 0 saturated carbocycles. The maximum Gasteiger partial charge on any atom is 2.00 e. The van der Waals surface area contributed by atoms with E-state index in [9.17, 15) is 10.2 Å². The van der Waals surface area contributed by atoms with Crippen LogP contribution in [0.1, 0.15) is 88.8 Å². The van der Waals surface area contributed by atoms with Crippen LogP contribution in [0.5, 0.6) is 11.5 Å². The van der Waals surface area contributed by atoms with Crippen LogP contribution in [-0.4, -0.2) is 34.6 Å². The summed E-state index contributed by atoms with van der Waals surface area (Å²) < 4.78 is 0. The zero-order valence-electron chi connectivity index (χ0n) is 30.1. The van der Waals surface area contributed by atoms with Gasteiger partial charge in [0.1, 0.15) is 11.5 Å². The summed E-state index contributed by atoms with van der Waals surface area (Å²) in [6.07, 6.45) is 5.25. The second kappa shape index (κ2) is 18.3. The smallest absolute Gasteiger partial charge is 0.550 e. The normalized spacial score (nSPS) is 11.4. The molecule has 0 aliphatic heterocycles. The molecular formula is C40H48CoN2O6. The number of hydrogen-bond donors (Lipinski definition) is 2. The number of carboxylic acid groups (broad SMARTS) is 2. The van der Waals surface area contributed by atoms with Crippen LogP contribution in [0.2, 0.25) is 0 Å². The van der Waals surface area contributed by atoms with Gasteiger partial charge in [0.2, 0.25) is 0 Å². The third-order valence-corrected chi connectivity index (χ3v) is 6.78. The Labute approximate surface area is 300 Å². The number of phenolic OH excluding ortho intramolecular Hbond substituents is 2. The molecule has 0 fully saturated rings. The summed E-state index contributed by atoms with van der Waals surface area (Å²) in [6.45, 7) is 19.0. The van der Waals surface area contributed by atoms with E-state index in [2.05, 4.69) is 53.7 Å². The number of carbonyl (C=O) groups is 2. The molecule has 0 bridgehead atoms. The first-order chi connectivity index (χ1) is 22.1. The number of aromatic hydroxyl groups is 2. The van der Waals surface area contributed by atoms with E-state index in [1.807, 2.05) is 62.4 Å². The summed E-state index contributed by atoms with van der Waals surface area (Å²) in [5, 5.41) is 41.5. The fourth-order valence-electron chi connectivity index (χ4n) is 5.09. The predicted octanol–water partition coefficient (Wildman–Crippen LogP) is 7.06. The van der Waals surface area contributed by atoms with E-state index < -0.39 is 11.9 Å². The minimum absolute atomic E-state index is 0. The molecule has 1 radical (unpaired) electrons. The Morgan fingerprint density at radius 1 is 0.653 bits per heavy atom. The Morgan fingerprint density at radius 3 is 1.24 bits per heavy atom. The topological polar surface area (TPSA) is 145 Å². The number of aryl methyl sites for hydroxylation is 2. The van der Waals surface area contributed by atoms with Crippen molar-refractivity contribution >= 4 is 46.5 Å². The molecule has 0 saturated heterocycles. The molecule has 4 rings (SSSR count). The van der Waals surface area contributed by atoms with Crippen LogP contribution in [0.4, 0.5) is 11.4 Å². The maximum absolute atomic E-state index is 10.8. The average molecular weight is 712 g/mol. The van der Waals surface area contributed by atoms with Gasteiger partial charge in [0.25, 0.3) is 0 Å². The largest absolute Gasteiger partial charge is 2.00 e. The Morgan fingerprint density at radius 2 is 0.959 bits per heavy atom. The average Bonchev–Trinajstić information content (AvgIpc) is 2.92. The van der Waals surface area contributed by atoms with Crippen LogP contribution in [0, 0.1) is 24.7 Å². The summed E-state index contributed by atoms with van der Waals surface area (Å²) in [5.41, 5.74) is 7.02. The molecule has 9 heteroatoms. The van der Waals surface area contributed by atoms with Gasteiger partial charge in [-0.15, -0.1) is 0 Å². The first kappa shape index (κ1) is 42.5. The Balaban J connectivity index is 0.00000120. The molecule has 0 heterocycles. The number of aliphatic imine (C=N–C) groups is 2. The monoisotopic (exact) mass is 711 g/mol. The summed E-state index contributed by atoms with van der Waals surface area (Å²) >= 11 is 0. The van der Waals surface area contributed by atoms with Crippen LogP contribution in [0.3, 0.4) is 0 Å². The van der Waals surface area contributed by atoms with Crippen molar-refractivity contribution in [1.82, 2.24) is 0 Å². The minimum Gasteiger partial charge on any atom is -0.550 e. The summed E-state index contributed by atoms with van der Waals surface area (Å²) in [4.78, 5) is 27.4. The number of phenols is 2. The molecule has 4 aromatic carbocycles. The fraction of sp³-hybridized carbons (Fsp3) is 0.350. The fourth-order valence-corrected chi connectivity index (χ4v) is 5.09. The molecule has 263 valence electrons. The van der Waals surface area contributed by atoms with Crippen molar-refractivity contribution in [2.75, 3.05) is 0 Å². The first-order valence-electron chi connectivity index (χ1n) is 15.8. The number of carboxylic acids is 2. The standard InChI is InChI=1S/C36H42N2O2.2C2H4O2.Co/c1-23-13-25(19-35(3,4)5)15-29(33(23)39)21-37-31-17-27-11-9-10-12-28(27)18-32(31)38-22-30-16-26(20-36(6,7)8)14-24(2)34(30)40;2*1-2(3)4;/h9-18,21-22,39-40H,19-20H2,1-8H3;2*1H3,(H,3,4);/q;;;+2/p-2. The maximum atomic E-state index is 10.8. The molecule has 8 nitrogen and oxygen atoms in total. The SMILES string of the molecule is CC(=O)[O-].CC(=O)[O-].Cc1cc(CC(C)(C)C)cc(C=Nc2cc3ccccc3cc2N=Cc2cc(CC(C)(C)C)cc(C)c2O)c1O.[Co+2]. The van der Waals surface area contributed by atoms with Gasteiger partial charge in [0, 0.05) is 35.5 Å². The number of carbonyl (C=O) groups excluding carboxylic acids is 2. The van der Waals surface area contributed by atoms with Crippen LogP contribution in [-0.2, 0) is 39.2 Å². The molecular weight excluding hydrogens is 663 g/mol. The van der Waals surface area contributed by atoms with Crippen molar-refractivity contribution < 1.29 is 46.8 Å². The van der Waals surface area contributed by atoms with Crippen LogP contribution in [0.15, 0.2) is 70.6 Å². The molecule has 0 atom stereocenters. The van der Waals surface area contributed by atoms with E-state index in [0.717, 1.165) is 48.6 Å². The number of hydrogen-bond acceptors (Lipinski definition) is 8. The van der Waals surface area contributed by atoms with Gasteiger partial charge in [0.15, 0.2) is 0 Å². The quantitative estimate of drug-likeness (QED) is 0.205. The predicted molar refractivity (Wildman–Crippen MR) is 192 cm³/mol. The minimum atomic E-state index is -1.08. The third-order valence-electron chi connectivity index (χ3n) is 6.78. The second-order valence-corrected chi connectivity index (χ2v) is 14.4. The third kappa shape index (κ3) is 15.1. The zero-order valence-corrected chi connectivity index (χ0v) is 31.1.